The second-order valence-corrected chi connectivity index (χ2v) is 7.75. The van der Waals surface area contributed by atoms with E-state index in [0.717, 1.165) is 19.4 Å². The minimum Gasteiger partial charge on any atom is -0.444 e. The Bertz CT molecular complexity index is 588. The van der Waals surface area contributed by atoms with Crippen LogP contribution in [0, 0.1) is 0 Å². The average molecular weight is 317 g/mol. The molecule has 1 aromatic carbocycles. The van der Waals surface area contributed by atoms with Gasteiger partial charge in [-0.25, -0.2) is 4.79 Å². The second-order valence-electron chi connectivity index (χ2n) is 7.75. The van der Waals surface area contributed by atoms with Crippen LogP contribution in [0.1, 0.15) is 50.3 Å². The molecule has 1 aliphatic carbocycles. The minimum atomic E-state index is -0.454. The van der Waals surface area contributed by atoms with Gasteiger partial charge in [0.15, 0.2) is 0 Å². The third-order valence-corrected chi connectivity index (χ3v) is 4.41. The number of carbonyl (C=O) groups is 1. The third kappa shape index (κ3) is 4.03. The van der Waals surface area contributed by atoms with E-state index in [2.05, 4.69) is 23.5 Å². The van der Waals surface area contributed by atoms with E-state index in [1.165, 1.54) is 16.7 Å². The van der Waals surface area contributed by atoms with E-state index in [4.69, 9.17) is 10.5 Å². The number of rotatable bonds is 3. The lowest BCUT2D eigenvalue weighted by Gasteiger charge is -2.33. The lowest BCUT2D eigenvalue weighted by atomic mass is 9.87. The standard InChI is InChI=1S/C18H27N3O2/c1-18(2,3)23-17(22)21-10-13-5-4-12(6-14(13)11-21)9-20-16-7-15(19)8-16/h4-6,15-16,20H,7-11,19H2,1-3H3. The van der Waals surface area contributed by atoms with Crippen molar-refractivity contribution in [3.05, 3.63) is 34.9 Å². The molecule has 1 fully saturated rings. The van der Waals surface area contributed by atoms with Crippen molar-refractivity contribution < 1.29 is 9.53 Å². The number of nitrogens with two attached hydrogens (primary N) is 1. The Balaban J connectivity index is 1.56. The van der Waals surface area contributed by atoms with Gasteiger partial charge in [-0.15, -0.1) is 0 Å². The van der Waals surface area contributed by atoms with Crippen LogP contribution in [0.3, 0.4) is 0 Å². The zero-order valence-corrected chi connectivity index (χ0v) is 14.3. The number of benzene rings is 1. The molecule has 1 aliphatic heterocycles. The Hall–Kier alpha value is -1.59. The molecule has 5 heteroatoms. The number of amides is 1. The fourth-order valence-electron chi connectivity index (χ4n) is 3.10. The maximum absolute atomic E-state index is 12.2. The molecule has 3 N–H and O–H groups in total. The highest BCUT2D eigenvalue weighted by atomic mass is 16.6. The van der Waals surface area contributed by atoms with Crippen molar-refractivity contribution in [3.63, 3.8) is 0 Å². The van der Waals surface area contributed by atoms with Crippen LogP contribution in [0.5, 0.6) is 0 Å². The molecule has 1 saturated carbocycles. The van der Waals surface area contributed by atoms with Gasteiger partial charge in [0.25, 0.3) is 0 Å². The zero-order valence-electron chi connectivity index (χ0n) is 14.3. The molecule has 5 nitrogen and oxygen atoms in total. The fraction of sp³-hybridized carbons (Fsp3) is 0.611. The summed E-state index contributed by atoms with van der Waals surface area (Å²) in [7, 11) is 0. The summed E-state index contributed by atoms with van der Waals surface area (Å²) in [6.45, 7) is 7.80. The molecule has 126 valence electrons. The summed E-state index contributed by atoms with van der Waals surface area (Å²) in [4.78, 5) is 13.9. The smallest absolute Gasteiger partial charge is 0.410 e. The molecular formula is C18H27N3O2. The van der Waals surface area contributed by atoms with E-state index in [0.29, 0.717) is 25.2 Å². The summed E-state index contributed by atoms with van der Waals surface area (Å²) in [6.07, 6.45) is 1.89. The highest BCUT2D eigenvalue weighted by molar-refractivity contribution is 5.69. The van der Waals surface area contributed by atoms with Gasteiger partial charge in [0.2, 0.25) is 0 Å². The average Bonchev–Trinajstić information content (AvgIpc) is 2.83. The molecule has 3 rings (SSSR count). The van der Waals surface area contributed by atoms with Crippen LogP contribution in [-0.2, 0) is 24.4 Å². The number of ether oxygens (including phenoxy) is 1. The van der Waals surface area contributed by atoms with Crippen molar-refractivity contribution in [2.75, 3.05) is 0 Å². The van der Waals surface area contributed by atoms with E-state index in [9.17, 15) is 4.79 Å². The van der Waals surface area contributed by atoms with Gasteiger partial charge >= 0.3 is 6.09 Å². The number of fused-ring (bicyclic) bond motifs is 1. The number of carbonyl (C=O) groups excluding carboxylic acids is 1. The molecule has 23 heavy (non-hydrogen) atoms. The molecule has 0 atom stereocenters. The van der Waals surface area contributed by atoms with Crippen LogP contribution in [0.4, 0.5) is 4.79 Å². The van der Waals surface area contributed by atoms with Gasteiger partial charge in [-0.3, -0.25) is 4.90 Å². The highest BCUT2D eigenvalue weighted by Gasteiger charge is 2.28. The van der Waals surface area contributed by atoms with Crippen molar-refractivity contribution >= 4 is 6.09 Å². The first-order chi connectivity index (χ1) is 10.8. The van der Waals surface area contributed by atoms with Crippen LogP contribution in [-0.4, -0.2) is 28.7 Å². The van der Waals surface area contributed by atoms with Gasteiger partial charge < -0.3 is 15.8 Å². The lowest BCUT2D eigenvalue weighted by molar-refractivity contribution is 0.0242. The van der Waals surface area contributed by atoms with Crippen LogP contribution in [0.25, 0.3) is 0 Å². The molecule has 0 bridgehead atoms. The van der Waals surface area contributed by atoms with Gasteiger partial charge in [-0.05, 0) is 50.3 Å². The van der Waals surface area contributed by atoms with Gasteiger partial charge in [0.05, 0.1) is 0 Å². The summed E-state index contributed by atoms with van der Waals surface area (Å²) in [5.74, 6) is 0. The largest absolute Gasteiger partial charge is 0.444 e. The van der Waals surface area contributed by atoms with E-state index in [1.54, 1.807) is 4.90 Å². The van der Waals surface area contributed by atoms with Crippen LogP contribution >= 0.6 is 0 Å². The summed E-state index contributed by atoms with van der Waals surface area (Å²) < 4.78 is 5.46. The molecule has 0 aromatic heterocycles. The third-order valence-electron chi connectivity index (χ3n) is 4.41. The van der Waals surface area contributed by atoms with E-state index < -0.39 is 5.60 Å². The predicted molar refractivity (Wildman–Crippen MR) is 89.8 cm³/mol. The van der Waals surface area contributed by atoms with Crippen molar-refractivity contribution in [2.24, 2.45) is 5.73 Å². The molecule has 2 aliphatic rings. The second kappa shape index (κ2) is 6.13. The monoisotopic (exact) mass is 317 g/mol. The maximum atomic E-state index is 12.2. The van der Waals surface area contributed by atoms with Crippen molar-refractivity contribution in [1.82, 2.24) is 10.2 Å². The molecule has 0 radical (unpaired) electrons. The predicted octanol–water partition coefficient (Wildman–Crippen LogP) is 2.52. The molecule has 0 spiro atoms. The quantitative estimate of drug-likeness (QED) is 0.899. The summed E-state index contributed by atoms with van der Waals surface area (Å²) in [5.41, 5.74) is 9.05. The summed E-state index contributed by atoms with van der Waals surface area (Å²) in [5, 5.41) is 3.54. The maximum Gasteiger partial charge on any atom is 0.410 e. The minimum absolute atomic E-state index is 0.239. The zero-order chi connectivity index (χ0) is 16.6. The number of hydrogen-bond donors (Lipinski definition) is 2. The first kappa shape index (κ1) is 16.3. The molecule has 1 heterocycles. The van der Waals surface area contributed by atoms with Crippen LogP contribution in [0.15, 0.2) is 18.2 Å². The molecule has 0 unspecified atom stereocenters. The first-order valence-electron chi connectivity index (χ1n) is 8.38. The first-order valence-corrected chi connectivity index (χ1v) is 8.38. The SMILES string of the molecule is CC(C)(C)OC(=O)N1Cc2ccc(CNC3CC(N)C3)cc2C1. The van der Waals surface area contributed by atoms with Gasteiger partial charge in [-0.2, -0.15) is 0 Å². The summed E-state index contributed by atoms with van der Waals surface area (Å²) in [6, 6.07) is 7.39. The van der Waals surface area contributed by atoms with Crippen LogP contribution < -0.4 is 11.1 Å². The Morgan fingerprint density at radius 2 is 2.00 bits per heavy atom. The van der Waals surface area contributed by atoms with Crippen molar-refractivity contribution in [2.45, 2.75) is 70.9 Å². The number of nitrogens with one attached hydrogen (secondary N) is 1. The lowest BCUT2D eigenvalue weighted by Crippen LogP contribution is -2.48. The molecular weight excluding hydrogens is 290 g/mol. The topological polar surface area (TPSA) is 67.6 Å². The Morgan fingerprint density at radius 1 is 1.30 bits per heavy atom. The van der Waals surface area contributed by atoms with Gasteiger partial charge in [0, 0.05) is 31.7 Å². The van der Waals surface area contributed by atoms with Gasteiger partial charge in [0.1, 0.15) is 5.60 Å². The summed E-state index contributed by atoms with van der Waals surface area (Å²) >= 11 is 0. The van der Waals surface area contributed by atoms with Gasteiger partial charge in [-0.1, -0.05) is 18.2 Å². The molecule has 1 aromatic rings. The van der Waals surface area contributed by atoms with Crippen molar-refractivity contribution in [3.8, 4) is 0 Å². The Morgan fingerprint density at radius 3 is 2.65 bits per heavy atom. The number of hydrogen-bond acceptors (Lipinski definition) is 4. The molecule has 1 amide bonds. The number of nitrogens with zero attached hydrogens (tertiary/aromatic N) is 1. The van der Waals surface area contributed by atoms with E-state index in [-0.39, 0.29) is 6.09 Å². The normalized spacial score (nSPS) is 23.4. The van der Waals surface area contributed by atoms with Crippen LogP contribution in [0.2, 0.25) is 0 Å². The Labute approximate surface area is 138 Å². The van der Waals surface area contributed by atoms with E-state index in [1.807, 2.05) is 20.8 Å². The fourth-order valence-corrected chi connectivity index (χ4v) is 3.10. The Kier molecular flexibility index (Phi) is 4.34. The highest BCUT2D eigenvalue weighted by Crippen LogP contribution is 2.26. The molecule has 0 saturated heterocycles. The van der Waals surface area contributed by atoms with Crippen molar-refractivity contribution in [1.29, 1.82) is 0 Å². The van der Waals surface area contributed by atoms with E-state index >= 15 is 0 Å².